The van der Waals surface area contributed by atoms with Crippen LogP contribution < -0.4 is 10.2 Å². The molecule has 7 heteroatoms. The Kier molecular flexibility index (Phi) is 5.63. The number of hydrogen-bond donors (Lipinski definition) is 1. The van der Waals surface area contributed by atoms with Gasteiger partial charge in [0, 0.05) is 17.0 Å². The van der Waals surface area contributed by atoms with E-state index < -0.39 is 17.0 Å². The van der Waals surface area contributed by atoms with Gasteiger partial charge in [-0.15, -0.1) is 11.8 Å². The van der Waals surface area contributed by atoms with Gasteiger partial charge < -0.3 is 5.32 Å². The molecule has 0 aromatic heterocycles. The first-order valence-corrected chi connectivity index (χ1v) is 10.2. The third-order valence-electron chi connectivity index (χ3n) is 4.63. The predicted molar refractivity (Wildman–Crippen MR) is 114 cm³/mol. The number of carbonyl (C=O) groups is 3. The molecule has 3 aromatic carbocycles. The molecular weight excluding hydrogens is 403 g/mol. The molecule has 3 aromatic rings. The number of carbonyl (C=O) groups excluding carboxylic acids is 3. The number of para-hydroxylation sites is 1. The summed E-state index contributed by atoms with van der Waals surface area (Å²) in [6.45, 7) is 0. The smallest absolute Gasteiger partial charge is 0.258 e. The van der Waals surface area contributed by atoms with E-state index in [-0.39, 0.29) is 23.8 Å². The van der Waals surface area contributed by atoms with Crippen molar-refractivity contribution in [1.82, 2.24) is 0 Å². The van der Waals surface area contributed by atoms with Crippen LogP contribution in [-0.2, 0) is 9.59 Å². The fourth-order valence-corrected chi connectivity index (χ4v) is 4.22. The van der Waals surface area contributed by atoms with E-state index in [0.29, 0.717) is 11.4 Å². The maximum atomic E-state index is 13.7. The van der Waals surface area contributed by atoms with Gasteiger partial charge in [0.15, 0.2) is 0 Å². The first kappa shape index (κ1) is 19.8. The van der Waals surface area contributed by atoms with Crippen molar-refractivity contribution in [3.8, 4) is 0 Å². The van der Waals surface area contributed by atoms with Crippen molar-refractivity contribution in [3.05, 3.63) is 90.2 Å². The largest absolute Gasteiger partial charge is 0.322 e. The summed E-state index contributed by atoms with van der Waals surface area (Å²) in [5.41, 5.74) is 1.04. The van der Waals surface area contributed by atoms with Gasteiger partial charge in [-0.2, -0.15) is 0 Å². The zero-order valence-electron chi connectivity index (χ0n) is 15.7. The van der Waals surface area contributed by atoms with Crippen molar-refractivity contribution in [1.29, 1.82) is 0 Å². The van der Waals surface area contributed by atoms with Gasteiger partial charge in [0.2, 0.25) is 11.8 Å². The predicted octanol–water partition coefficient (Wildman–Crippen LogP) is 4.50. The van der Waals surface area contributed by atoms with Gasteiger partial charge in [-0.25, -0.2) is 9.29 Å². The lowest BCUT2D eigenvalue weighted by Gasteiger charge is -2.14. The monoisotopic (exact) mass is 420 g/mol. The van der Waals surface area contributed by atoms with Crippen molar-refractivity contribution in [2.45, 2.75) is 16.6 Å². The second-order valence-corrected chi connectivity index (χ2v) is 7.95. The van der Waals surface area contributed by atoms with Crippen LogP contribution in [0.3, 0.4) is 0 Å². The van der Waals surface area contributed by atoms with Crippen molar-refractivity contribution in [2.75, 3.05) is 10.2 Å². The third kappa shape index (κ3) is 4.11. The molecule has 0 bridgehead atoms. The summed E-state index contributed by atoms with van der Waals surface area (Å²) in [6, 6.07) is 21.5. The molecule has 150 valence electrons. The summed E-state index contributed by atoms with van der Waals surface area (Å²) in [5.74, 6) is -1.59. The van der Waals surface area contributed by atoms with E-state index in [4.69, 9.17) is 0 Å². The molecule has 4 rings (SSSR count). The Morgan fingerprint density at radius 3 is 2.30 bits per heavy atom. The van der Waals surface area contributed by atoms with Gasteiger partial charge in [0.05, 0.1) is 16.5 Å². The number of halogens is 1. The molecule has 30 heavy (non-hydrogen) atoms. The van der Waals surface area contributed by atoms with Crippen LogP contribution in [-0.4, -0.2) is 23.0 Å². The van der Waals surface area contributed by atoms with Crippen molar-refractivity contribution < 1.29 is 18.8 Å². The Hall–Kier alpha value is -3.45. The summed E-state index contributed by atoms with van der Waals surface area (Å²) in [6.07, 6.45) is 0.129. The highest BCUT2D eigenvalue weighted by Gasteiger charge is 2.40. The maximum Gasteiger partial charge on any atom is 0.258 e. The Morgan fingerprint density at radius 1 is 0.933 bits per heavy atom. The minimum atomic E-state index is -0.588. The van der Waals surface area contributed by atoms with Crippen LogP contribution >= 0.6 is 11.8 Å². The summed E-state index contributed by atoms with van der Waals surface area (Å²) >= 11 is 1.30. The summed E-state index contributed by atoms with van der Waals surface area (Å²) in [5, 5.41) is 2.14. The molecule has 1 unspecified atom stereocenters. The molecule has 1 fully saturated rings. The molecule has 1 atom stereocenters. The van der Waals surface area contributed by atoms with Gasteiger partial charge in [-0.3, -0.25) is 14.4 Å². The van der Waals surface area contributed by atoms with Crippen LogP contribution in [0.4, 0.5) is 15.8 Å². The van der Waals surface area contributed by atoms with Gasteiger partial charge in [-0.1, -0.05) is 30.3 Å². The number of anilines is 2. The molecule has 0 spiro atoms. The molecule has 3 amide bonds. The fourth-order valence-electron chi connectivity index (χ4n) is 3.17. The number of amides is 3. The van der Waals surface area contributed by atoms with Crippen LogP contribution in [0.1, 0.15) is 16.8 Å². The lowest BCUT2D eigenvalue weighted by atomic mass is 10.2. The number of benzene rings is 3. The number of imide groups is 1. The Balaban J connectivity index is 1.42. The van der Waals surface area contributed by atoms with E-state index in [9.17, 15) is 18.8 Å². The normalized spacial score (nSPS) is 16.0. The van der Waals surface area contributed by atoms with Gasteiger partial charge in [0.1, 0.15) is 5.82 Å². The molecule has 5 nitrogen and oxygen atoms in total. The molecule has 1 aliphatic heterocycles. The Labute approximate surface area is 176 Å². The molecule has 1 aliphatic rings. The first-order chi connectivity index (χ1) is 14.5. The SMILES string of the molecule is O=C(Nc1ccc(SC2CC(=O)N(c3ccccc3)C2=O)cc1)c1ccccc1F. The van der Waals surface area contributed by atoms with E-state index in [1.807, 2.05) is 6.07 Å². The standard InChI is InChI=1S/C23H17FN2O3S/c24-19-9-5-4-8-18(19)22(28)25-15-10-12-17(13-11-15)30-20-14-21(27)26(23(20)29)16-6-2-1-3-7-16/h1-13,20H,14H2,(H,25,28). The third-order valence-corrected chi connectivity index (χ3v) is 5.83. The second kappa shape index (κ2) is 8.51. The summed E-state index contributed by atoms with van der Waals surface area (Å²) < 4.78 is 13.7. The van der Waals surface area contributed by atoms with Crippen molar-refractivity contribution >= 4 is 40.9 Å². The minimum Gasteiger partial charge on any atom is -0.322 e. The van der Waals surface area contributed by atoms with E-state index in [0.717, 1.165) is 4.90 Å². The highest BCUT2D eigenvalue weighted by atomic mass is 32.2. The first-order valence-electron chi connectivity index (χ1n) is 9.27. The van der Waals surface area contributed by atoms with Gasteiger partial charge in [-0.05, 0) is 48.5 Å². The number of hydrogen-bond acceptors (Lipinski definition) is 4. The molecule has 0 aliphatic carbocycles. The number of rotatable bonds is 5. The average Bonchev–Trinajstić information content (AvgIpc) is 3.03. The topological polar surface area (TPSA) is 66.5 Å². The fraction of sp³-hybridized carbons (Fsp3) is 0.0870. The van der Waals surface area contributed by atoms with E-state index >= 15 is 0 Å². The molecule has 1 N–H and O–H groups in total. The summed E-state index contributed by atoms with van der Waals surface area (Å²) in [4.78, 5) is 39.3. The van der Waals surface area contributed by atoms with Crippen LogP contribution in [0.25, 0.3) is 0 Å². The second-order valence-electron chi connectivity index (χ2n) is 6.67. The number of thioether (sulfide) groups is 1. The zero-order valence-corrected chi connectivity index (χ0v) is 16.6. The zero-order chi connectivity index (χ0) is 21.1. The summed E-state index contributed by atoms with van der Waals surface area (Å²) in [7, 11) is 0. The Bertz CT molecular complexity index is 1100. The number of nitrogens with one attached hydrogen (secondary N) is 1. The van der Waals surface area contributed by atoms with Crippen LogP contribution in [0.15, 0.2) is 83.8 Å². The van der Waals surface area contributed by atoms with E-state index in [1.165, 1.54) is 34.9 Å². The lowest BCUT2D eigenvalue weighted by molar-refractivity contribution is -0.121. The molecular formula is C23H17FN2O3S. The van der Waals surface area contributed by atoms with Crippen LogP contribution in [0.2, 0.25) is 0 Å². The lowest BCUT2D eigenvalue weighted by Crippen LogP contribution is -2.30. The highest BCUT2D eigenvalue weighted by Crippen LogP contribution is 2.34. The molecule has 0 saturated carbocycles. The molecule has 1 heterocycles. The van der Waals surface area contributed by atoms with Crippen LogP contribution in [0.5, 0.6) is 0 Å². The average molecular weight is 420 g/mol. The highest BCUT2D eigenvalue weighted by molar-refractivity contribution is 8.00. The van der Waals surface area contributed by atoms with Crippen LogP contribution in [0, 0.1) is 5.82 Å². The number of nitrogens with zero attached hydrogens (tertiary/aromatic N) is 1. The maximum absolute atomic E-state index is 13.7. The van der Waals surface area contributed by atoms with E-state index in [2.05, 4.69) is 5.32 Å². The minimum absolute atomic E-state index is 0.0352. The molecule has 1 saturated heterocycles. The quantitative estimate of drug-likeness (QED) is 0.617. The van der Waals surface area contributed by atoms with E-state index in [1.54, 1.807) is 54.6 Å². The van der Waals surface area contributed by atoms with Crippen molar-refractivity contribution in [2.24, 2.45) is 0 Å². The van der Waals surface area contributed by atoms with Crippen molar-refractivity contribution in [3.63, 3.8) is 0 Å². The molecule has 0 radical (unpaired) electrons. The van der Waals surface area contributed by atoms with Gasteiger partial charge >= 0.3 is 0 Å². The Morgan fingerprint density at radius 2 is 1.60 bits per heavy atom. The van der Waals surface area contributed by atoms with Gasteiger partial charge in [0.25, 0.3) is 5.91 Å².